The molecule has 4 nitrogen and oxygen atoms in total. The van der Waals surface area contributed by atoms with Crippen molar-refractivity contribution in [3.8, 4) is 0 Å². The predicted octanol–water partition coefficient (Wildman–Crippen LogP) is 2.74. The van der Waals surface area contributed by atoms with Crippen LogP contribution in [0.2, 0.25) is 0 Å². The smallest absolute Gasteiger partial charge is 0.261 e. The van der Waals surface area contributed by atoms with E-state index in [9.17, 15) is 14.7 Å². The molecule has 1 N–H and O–H groups in total. The molecule has 2 aromatic carbocycles. The van der Waals surface area contributed by atoms with E-state index in [2.05, 4.69) is 0 Å². The Hall–Kier alpha value is -2.11. The first kappa shape index (κ1) is 14.8. The van der Waals surface area contributed by atoms with Crippen molar-refractivity contribution in [3.05, 3.63) is 65.2 Å². The maximum Gasteiger partial charge on any atom is 0.261 e. The lowest BCUT2D eigenvalue weighted by Crippen LogP contribution is -2.33. The lowest BCUT2D eigenvalue weighted by atomic mass is 10.1. The summed E-state index contributed by atoms with van der Waals surface area (Å²) in [5.74, 6) is -0.694. The molecule has 1 aliphatic heterocycles. The number of aliphatic hydroxyl groups excluding tert-OH is 1. The van der Waals surface area contributed by atoms with Crippen molar-refractivity contribution in [1.82, 2.24) is 4.90 Å². The van der Waals surface area contributed by atoms with Gasteiger partial charge in [-0.15, -0.1) is 11.8 Å². The minimum Gasteiger partial charge on any atom is -0.387 e. The summed E-state index contributed by atoms with van der Waals surface area (Å²) in [5, 5.41) is 10.3. The molecular weight excluding hydrogens is 298 g/mol. The van der Waals surface area contributed by atoms with Gasteiger partial charge in [-0.3, -0.25) is 14.5 Å². The predicted molar refractivity (Wildman–Crippen MR) is 85.0 cm³/mol. The van der Waals surface area contributed by atoms with Crippen LogP contribution in [0.4, 0.5) is 0 Å². The molecule has 0 saturated carbocycles. The molecule has 22 heavy (non-hydrogen) atoms. The normalized spacial score (nSPS) is 15.1. The lowest BCUT2D eigenvalue weighted by molar-refractivity contribution is 0.0543. The Morgan fingerprint density at radius 3 is 2.05 bits per heavy atom. The molecule has 0 radical (unpaired) electrons. The van der Waals surface area contributed by atoms with Gasteiger partial charge in [-0.1, -0.05) is 24.3 Å². The van der Waals surface area contributed by atoms with Gasteiger partial charge in [0.05, 0.1) is 23.8 Å². The van der Waals surface area contributed by atoms with Crippen molar-refractivity contribution < 1.29 is 14.7 Å². The molecule has 0 aliphatic carbocycles. The van der Waals surface area contributed by atoms with Crippen LogP contribution >= 0.6 is 11.8 Å². The number of nitrogens with zero attached hydrogens (tertiary/aromatic N) is 1. The van der Waals surface area contributed by atoms with E-state index in [-0.39, 0.29) is 18.4 Å². The summed E-state index contributed by atoms with van der Waals surface area (Å²) in [6.45, 7) is -0.0367. The number of fused-ring (bicyclic) bond motifs is 1. The maximum absolute atomic E-state index is 12.3. The van der Waals surface area contributed by atoms with Gasteiger partial charge in [0.1, 0.15) is 0 Å². The van der Waals surface area contributed by atoms with E-state index < -0.39 is 6.10 Å². The third kappa shape index (κ3) is 2.53. The van der Waals surface area contributed by atoms with Gasteiger partial charge in [0.2, 0.25) is 0 Å². The highest BCUT2D eigenvalue weighted by atomic mass is 32.2. The van der Waals surface area contributed by atoms with Crippen molar-refractivity contribution in [2.75, 3.05) is 12.8 Å². The van der Waals surface area contributed by atoms with Gasteiger partial charge in [-0.2, -0.15) is 0 Å². The Kier molecular flexibility index (Phi) is 4.00. The summed E-state index contributed by atoms with van der Waals surface area (Å²) in [7, 11) is 0. The molecule has 1 heterocycles. The van der Waals surface area contributed by atoms with E-state index in [1.165, 1.54) is 0 Å². The third-order valence-electron chi connectivity index (χ3n) is 3.73. The van der Waals surface area contributed by atoms with E-state index in [1.54, 1.807) is 36.0 Å². The van der Waals surface area contributed by atoms with Crippen molar-refractivity contribution in [2.45, 2.75) is 11.0 Å². The number of hydrogen-bond acceptors (Lipinski definition) is 4. The van der Waals surface area contributed by atoms with Crippen LogP contribution in [-0.4, -0.2) is 34.6 Å². The zero-order valence-corrected chi connectivity index (χ0v) is 12.8. The van der Waals surface area contributed by atoms with Crippen LogP contribution in [0.1, 0.15) is 32.4 Å². The molecule has 112 valence electrons. The fraction of sp³-hybridized carbons (Fsp3) is 0.176. The zero-order chi connectivity index (χ0) is 15.7. The fourth-order valence-corrected chi connectivity index (χ4v) is 2.92. The molecule has 2 aromatic rings. The molecule has 5 heteroatoms. The van der Waals surface area contributed by atoms with Gasteiger partial charge >= 0.3 is 0 Å². The first-order valence-electron chi connectivity index (χ1n) is 6.89. The number of imide groups is 1. The van der Waals surface area contributed by atoms with Crippen molar-refractivity contribution in [1.29, 1.82) is 0 Å². The van der Waals surface area contributed by atoms with E-state index in [0.717, 1.165) is 9.80 Å². The Morgan fingerprint density at radius 2 is 1.55 bits per heavy atom. The van der Waals surface area contributed by atoms with Crippen LogP contribution in [0.5, 0.6) is 0 Å². The molecule has 0 spiro atoms. The monoisotopic (exact) mass is 313 g/mol. The molecule has 1 atom stereocenters. The molecule has 3 rings (SSSR count). The largest absolute Gasteiger partial charge is 0.387 e. The third-order valence-corrected chi connectivity index (χ3v) is 4.48. The van der Waals surface area contributed by atoms with Gasteiger partial charge < -0.3 is 5.11 Å². The number of β-amino-alcohol motifs (C(OH)–C–C–N with tert-alkyl or cyclic N) is 1. The summed E-state index contributed by atoms with van der Waals surface area (Å²) >= 11 is 1.61. The van der Waals surface area contributed by atoms with Crippen LogP contribution in [0.3, 0.4) is 0 Å². The van der Waals surface area contributed by atoms with Crippen LogP contribution in [0, 0.1) is 0 Å². The molecule has 1 aliphatic rings. The van der Waals surface area contributed by atoms with Crippen molar-refractivity contribution >= 4 is 23.6 Å². The van der Waals surface area contributed by atoms with E-state index in [0.29, 0.717) is 16.7 Å². The number of hydrogen-bond donors (Lipinski definition) is 1. The molecule has 0 aromatic heterocycles. The van der Waals surface area contributed by atoms with Gasteiger partial charge in [-0.05, 0) is 36.1 Å². The number of benzene rings is 2. The SMILES string of the molecule is CSc1ccc([C@@H](O)CN2C(=O)c3ccccc3C2=O)cc1. The fourth-order valence-electron chi connectivity index (χ4n) is 2.51. The van der Waals surface area contributed by atoms with Crippen LogP contribution in [-0.2, 0) is 0 Å². The summed E-state index contributed by atoms with van der Waals surface area (Å²) in [6, 6.07) is 14.2. The number of carbonyl (C=O) groups excluding carboxylic acids is 2. The highest BCUT2D eigenvalue weighted by molar-refractivity contribution is 7.98. The number of amides is 2. The standard InChI is InChI=1S/C17H15NO3S/c1-22-12-8-6-11(7-9-12)15(19)10-18-16(20)13-4-2-3-5-14(13)17(18)21/h2-9,15,19H,10H2,1H3/t15-/m0/s1. The quantitative estimate of drug-likeness (QED) is 0.696. The van der Waals surface area contributed by atoms with Gasteiger partial charge in [0, 0.05) is 4.90 Å². The van der Waals surface area contributed by atoms with Gasteiger partial charge in [0.25, 0.3) is 11.8 Å². The van der Waals surface area contributed by atoms with E-state index in [4.69, 9.17) is 0 Å². The first-order chi connectivity index (χ1) is 10.6. The maximum atomic E-state index is 12.3. The Bertz CT molecular complexity index is 692. The number of rotatable bonds is 4. The van der Waals surface area contributed by atoms with Crippen LogP contribution < -0.4 is 0 Å². The summed E-state index contributed by atoms with van der Waals surface area (Å²) < 4.78 is 0. The second-order valence-corrected chi connectivity index (χ2v) is 5.94. The second kappa shape index (κ2) is 5.94. The van der Waals surface area contributed by atoms with Crippen LogP contribution in [0.15, 0.2) is 53.4 Å². The minimum atomic E-state index is -0.891. The Balaban J connectivity index is 1.79. The van der Waals surface area contributed by atoms with E-state index in [1.807, 2.05) is 30.5 Å². The zero-order valence-electron chi connectivity index (χ0n) is 12.0. The molecule has 2 amide bonds. The molecule has 0 unspecified atom stereocenters. The van der Waals surface area contributed by atoms with Crippen LogP contribution in [0.25, 0.3) is 0 Å². The highest BCUT2D eigenvalue weighted by Crippen LogP contribution is 2.26. The van der Waals surface area contributed by atoms with Gasteiger partial charge in [0.15, 0.2) is 0 Å². The Labute approximate surface area is 132 Å². The first-order valence-corrected chi connectivity index (χ1v) is 8.11. The average Bonchev–Trinajstić information content (AvgIpc) is 2.80. The molecular formula is C17H15NO3S. The van der Waals surface area contributed by atoms with Gasteiger partial charge in [-0.25, -0.2) is 0 Å². The number of aliphatic hydroxyl groups is 1. The molecule has 0 fully saturated rings. The minimum absolute atomic E-state index is 0.0367. The molecule has 0 saturated heterocycles. The van der Waals surface area contributed by atoms with E-state index >= 15 is 0 Å². The number of carbonyl (C=O) groups is 2. The lowest BCUT2D eigenvalue weighted by Gasteiger charge is -2.19. The highest BCUT2D eigenvalue weighted by Gasteiger charge is 2.36. The summed E-state index contributed by atoms with van der Waals surface area (Å²) in [5.41, 5.74) is 1.49. The van der Waals surface area contributed by atoms with Crippen molar-refractivity contribution in [3.63, 3.8) is 0 Å². The summed E-state index contributed by atoms with van der Waals surface area (Å²) in [4.78, 5) is 26.7. The average molecular weight is 313 g/mol. The second-order valence-electron chi connectivity index (χ2n) is 5.06. The summed E-state index contributed by atoms with van der Waals surface area (Å²) in [6.07, 6.45) is 1.09. The van der Waals surface area contributed by atoms with Crippen molar-refractivity contribution in [2.24, 2.45) is 0 Å². The number of thioether (sulfide) groups is 1. The topological polar surface area (TPSA) is 57.6 Å². The Morgan fingerprint density at radius 1 is 1.00 bits per heavy atom. The molecule has 0 bridgehead atoms.